The summed E-state index contributed by atoms with van der Waals surface area (Å²) in [6.45, 7) is 1.95. The predicted molar refractivity (Wildman–Crippen MR) is 35.6 cm³/mol. The Hall–Kier alpha value is -0.700. The Morgan fingerprint density at radius 1 is 1.89 bits per heavy atom. The van der Waals surface area contributed by atoms with Crippen LogP contribution in [0.2, 0.25) is 0 Å². The predicted octanol–water partition coefficient (Wildman–Crippen LogP) is 1.40. The Kier molecular flexibility index (Phi) is 3.88. The Labute approximate surface area is 58.3 Å². The van der Waals surface area contributed by atoms with E-state index in [0.29, 0.717) is 5.03 Å². The number of hydrogen-bond acceptors (Lipinski definition) is 1. The third-order valence-electron chi connectivity index (χ3n) is 0.637. The number of carbonyl (C=O) groups is 1. The van der Waals surface area contributed by atoms with Crippen LogP contribution in [0.25, 0.3) is 0 Å². The zero-order valence-electron chi connectivity index (χ0n) is 5.02. The van der Waals surface area contributed by atoms with Gasteiger partial charge >= 0.3 is 6.09 Å². The zero-order valence-corrected chi connectivity index (χ0v) is 5.77. The number of hydrogen-bond donors (Lipinski definition) is 2. The standard InChI is InChI=1S/C5H8ClNO2/c1-4(6)2-3-7-5(8)9/h2,7H,3H2,1H3,(H,8,9)/b4-2+. The molecule has 3 nitrogen and oxygen atoms in total. The average Bonchev–Trinajstić information content (AvgIpc) is 1.63. The number of carboxylic acid groups (broad SMARTS) is 1. The summed E-state index contributed by atoms with van der Waals surface area (Å²) in [5.74, 6) is 0. The van der Waals surface area contributed by atoms with Gasteiger partial charge in [-0.15, -0.1) is 0 Å². The summed E-state index contributed by atoms with van der Waals surface area (Å²) in [5, 5.41) is 10.8. The van der Waals surface area contributed by atoms with Crippen LogP contribution in [0.5, 0.6) is 0 Å². The van der Waals surface area contributed by atoms with Gasteiger partial charge in [0.25, 0.3) is 0 Å². The number of amides is 1. The smallest absolute Gasteiger partial charge is 0.404 e. The minimum Gasteiger partial charge on any atom is -0.465 e. The van der Waals surface area contributed by atoms with Crippen LogP contribution < -0.4 is 5.32 Å². The maximum absolute atomic E-state index is 9.80. The molecule has 0 rings (SSSR count). The van der Waals surface area contributed by atoms with Gasteiger partial charge in [0.1, 0.15) is 0 Å². The lowest BCUT2D eigenvalue weighted by Gasteiger charge is -1.92. The van der Waals surface area contributed by atoms with Gasteiger partial charge in [0, 0.05) is 11.6 Å². The molecule has 0 saturated heterocycles. The van der Waals surface area contributed by atoms with E-state index >= 15 is 0 Å². The van der Waals surface area contributed by atoms with Crippen LogP contribution in [0, 0.1) is 0 Å². The van der Waals surface area contributed by atoms with Crippen molar-refractivity contribution in [1.29, 1.82) is 0 Å². The third-order valence-corrected chi connectivity index (χ3v) is 0.791. The maximum Gasteiger partial charge on any atom is 0.404 e. The Balaban J connectivity index is 3.31. The summed E-state index contributed by atoms with van der Waals surface area (Å²) in [6, 6.07) is 0. The summed E-state index contributed by atoms with van der Waals surface area (Å²) in [5.41, 5.74) is 0. The number of halogens is 1. The van der Waals surface area contributed by atoms with Crippen molar-refractivity contribution in [3.8, 4) is 0 Å². The average molecular weight is 150 g/mol. The van der Waals surface area contributed by atoms with Gasteiger partial charge in [0.15, 0.2) is 0 Å². The second-order valence-corrected chi connectivity index (χ2v) is 2.07. The molecule has 0 saturated carbocycles. The van der Waals surface area contributed by atoms with Crippen LogP contribution in [0.4, 0.5) is 4.79 Å². The molecule has 0 bridgehead atoms. The topological polar surface area (TPSA) is 49.3 Å². The van der Waals surface area contributed by atoms with E-state index in [4.69, 9.17) is 16.7 Å². The first kappa shape index (κ1) is 8.30. The largest absolute Gasteiger partial charge is 0.465 e. The van der Waals surface area contributed by atoms with E-state index in [9.17, 15) is 4.79 Å². The number of rotatable bonds is 2. The quantitative estimate of drug-likeness (QED) is 0.624. The highest BCUT2D eigenvalue weighted by Crippen LogP contribution is 1.94. The van der Waals surface area contributed by atoms with Gasteiger partial charge in [-0.3, -0.25) is 0 Å². The molecule has 52 valence electrons. The summed E-state index contributed by atoms with van der Waals surface area (Å²) >= 11 is 5.39. The summed E-state index contributed by atoms with van der Waals surface area (Å²) in [7, 11) is 0. The Morgan fingerprint density at radius 3 is 2.78 bits per heavy atom. The lowest BCUT2D eigenvalue weighted by molar-refractivity contribution is 0.195. The van der Waals surface area contributed by atoms with Crippen LogP contribution in [0.1, 0.15) is 6.92 Å². The van der Waals surface area contributed by atoms with Crippen molar-refractivity contribution in [3.05, 3.63) is 11.1 Å². The van der Waals surface area contributed by atoms with Crippen molar-refractivity contribution in [1.82, 2.24) is 5.32 Å². The molecule has 0 aromatic heterocycles. The van der Waals surface area contributed by atoms with E-state index < -0.39 is 6.09 Å². The summed E-state index contributed by atoms with van der Waals surface area (Å²) in [4.78, 5) is 9.80. The van der Waals surface area contributed by atoms with E-state index in [0.717, 1.165) is 0 Å². The van der Waals surface area contributed by atoms with Gasteiger partial charge in [-0.25, -0.2) is 4.79 Å². The first-order valence-corrected chi connectivity index (χ1v) is 2.80. The number of allylic oxidation sites excluding steroid dienone is 1. The van der Waals surface area contributed by atoms with Gasteiger partial charge in [-0.1, -0.05) is 17.7 Å². The molecular weight excluding hydrogens is 142 g/mol. The Morgan fingerprint density at radius 2 is 2.44 bits per heavy atom. The van der Waals surface area contributed by atoms with Gasteiger partial charge in [-0.2, -0.15) is 0 Å². The second-order valence-electron chi connectivity index (χ2n) is 1.48. The van der Waals surface area contributed by atoms with Gasteiger partial charge in [0.2, 0.25) is 0 Å². The van der Waals surface area contributed by atoms with Crippen molar-refractivity contribution in [2.45, 2.75) is 6.92 Å². The first-order chi connectivity index (χ1) is 4.13. The third kappa shape index (κ3) is 7.30. The molecule has 0 fully saturated rings. The van der Waals surface area contributed by atoms with Gasteiger partial charge in [-0.05, 0) is 6.92 Å². The molecule has 0 spiro atoms. The molecular formula is C5H8ClNO2. The molecule has 4 heteroatoms. The molecule has 0 aliphatic carbocycles. The SMILES string of the molecule is C/C(Cl)=C\CNC(=O)O. The molecule has 0 aromatic rings. The highest BCUT2D eigenvalue weighted by Gasteiger charge is 1.87. The van der Waals surface area contributed by atoms with Crippen molar-refractivity contribution >= 4 is 17.7 Å². The van der Waals surface area contributed by atoms with Gasteiger partial charge < -0.3 is 10.4 Å². The fraction of sp³-hybridized carbons (Fsp3) is 0.400. The van der Waals surface area contributed by atoms with Crippen LogP contribution in [-0.2, 0) is 0 Å². The van der Waals surface area contributed by atoms with Gasteiger partial charge in [0.05, 0.1) is 0 Å². The molecule has 0 atom stereocenters. The molecule has 9 heavy (non-hydrogen) atoms. The van der Waals surface area contributed by atoms with E-state index in [-0.39, 0.29) is 6.54 Å². The van der Waals surface area contributed by atoms with Crippen molar-refractivity contribution in [3.63, 3.8) is 0 Å². The molecule has 0 unspecified atom stereocenters. The fourth-order valence-corrected chi connectivity index (χ4v) is 0.356. The van der Waals surface area contributed by atoms with E-state index in [2.05, 4.69) is 5.32 Å². The second kappa shape index (κ2) is 4.21. The molecule has 0 heterocycles. The number of nitrogens with one attached hydrogen (secondary N) is 1. The van der Waals surface area contributed by atoms with E-state index in [1.807, 2.05) is 0 Å². The Bertz CT molecular complexity index is 129. The molecule has 0 radical (unpaired) electrons. The summed E-state index contributed by atoms with van der Waals surface area (Å²) in [6.07, 6.45) is 0.541. The van der Waals surface area contributed by atoms with E-state index in [1.54, 1.807) is 13.0 Å². The maximum atomic E-state index is 9.80. The minimum atomic E-state index is -1.04. The molecule has 2 N–H and O–H groups in total. The highest BCUT2D eigenvalue weighted by atomic mass is 35.5. The van der Waals surface area contributed by atoms with Crippen LogP contribution in [-0.4, -0.2) is 17.7 Å². The monoisotopic (exact) mass is 149 g/mol. The molecule has 0 aliphatic heterocycles. The van der Waals surface area contributed by atoms with Crippen LogP contribution >= 0.6 is 11.6 Å². The molecule has 0 aromatic carbocycles. The van der Waals surface area contributed by atoms with Crippen molar-refractivity contribution in [2.75, 3.05) is 6.54 Å². The van der Waals surface area contributed by atoms with Crippen molar-refractivity contribution < 1.29 is 9.90 Å². The van der Waals surface area contributed by atoms with E-state index in [1.165, 1.54) is 0 Å². The highest BCUT2D eigenvalue weighted by molar-refractivity contribution is 6.29. The minimum absolute atomic E-state index is 0.269. The first-order valence-electron chi connectivity index (χ1n) is 2.42. The molecule has 0 aliphatic rings. The lowest BCUT2D eigenvalue weighted by Crippen LogP contribution is -2.20. The zero-order chi connectivity index (χ0) is 7.28. The van der Waals surface area contributed by atoms with Crippen molar-refractivity contribution in [2.24, 2.45) is 0 Å². The molecule has 1 amide bonds. The normalized spacial score (nSPS) is 11.1. The summed E-state index contributed by atoms with van der Waals surface area (Å²) < 4.78 is 0. The fourth-order valence-electron chi connectivity index (χ4n) is 0.279. The van der Waals surface area contributed by atoms with Crippen LogP contribution in [0.15, 0.2) is 11.1 Å². The van der Waals surface area contributed by atoms with Crippen LogP contribution in [0.3, 0.4) is 0 Å². The lowest BCUT2D eigenvalue weighted by atomic mass is 10.5.